The lowest BCUT2D eigenvalue weighted by Crippen LogP contribution is -2.56. The lowest BCUT2D eigenvalue weighted by molar-refractivity contribution is -0.131. The number of benzene rings is 1. The van der Waals surface area contributed by atoms with E-state index in [1.165, 1.54) is 0 Å². The predicted octanol–water partition coefficient (Wildman–Crippen LogP) is 2.92. The fraction of sp³-hybridized carbons (Fsp3) is 0.550. The average molecular weight is 375 g/mol. The molecular formula is C20H29N3O4. The van der Waals surface area contributed by atoms with Crippen LogP contribution in [-0.4, -0.2) is 64.6 Å². The number of likely N-dealkylation sites (tertiary alicyclic amines) is 1. The third-order valence-electron chi connectivity index (χ3n) is 4.53. The minimum Gasteiger partial charge on any atom is -0.442 e. The Kier molecular flexibility index (Phi) is 6.59. The van der Waals surface area contributed by atoms with Gasteiger partial charge in [-0.05, 0) is 45.7 Å². The zero-order valence-electron chi connectivity index (χ0n) is 16.8. The topological polar surface area (TPSA) is 70.2 Å². The number of ether oxygens (including phenoxy) is 1. The Bertz CT molecular complexity index is 676. The monoisotopic (exact) mass is 375 g/mol. The molecule has 1 saturated heterocycles. The molecule has 27 heavy (non-hydrogen) atoms. The fourth-order valence-electron chi connectivity index (χ4n) is 3.08. The highest BCUT2D eigenvalue weighted by Crippen LogP contribution is 2.21. The van der Waals surface area contributed by atoms with Crippen LogP contribution in [0, 0.1) is 0 Å². The van der Waals surface area contributed by atoms with E-state index >= 15 is 0 Å². The Morgan fingerprint density at radius 2 is 1.63 bits per heavy atom. The lowest BCUT2D eigenvalue weighted by atomic mass is 10.0. The summed E-state index contributed by atoms with van der Waals surface area (Å²) in [7, 11) is 1.72. The predicted molar refractivity (Wildman–Crippen MR) is 102 cm³/mol. The molecule has 0 saturated carbocycles. The van der Waals surface area contributed by atoms with Crippen molar-refractivity contribution in [2.24, 2.45) is 0 Å². The van der Waals surface area contributed by atoms with Crippen LogP contribution in [0.1, 0.15) is 50.9 Å². The second-order valence-electron chi connectivity index (χ2n) is 7.77. The number of carbonyl (C=O) groups excluding carboxylic acids is 3. The third kappa shape index (κ3) is 5.53. The molecule has 0 atom stereocenters. The van der Waals surface area contributed by atoms with E-state index in [0.29, 0.717) is 31.5 Å². The highest BCUT2D eigenvalue weighted by Gasteiger charge is 2.36. The standard InChI is InChI=1S/C20H29N3O4/c1-15(24)22-13-11-17(12-14-22)21(5)23(19(26)27-20(2,3)4)18(25)16-9-7-6-8-10-16/h6-10,17H,11-14H2,1-5H3. The molecule has 148 valence electrons. The zero-order valence-corrected chi connectivity index (χ0v) is 16.8. The molecule has 1 aromatic carbocycles. The van der Waals surface area contributed by atoms with E-state index in [9.17, 15) is 14.4 Å². The van der Waals surface area contributed by atoms with Gasteiger partial charge in [-0.25, -0.2) is 9.80 Å². The SMILES string of the molecule is CC(=O)N1CCC(N(C)N(C(=O)OC(C)(C)C)C(=O)c2ccccc2)CC1. The summed E-state index contributed by atoms with van der Waals surface area (Å²) in [5.74, 6) is -0.387. The maximum atomic E-state index is 13.0. The van der Waals surface area contributed by atoms with Crippen molar-refractivity contribution in [3.8, 4) is 0 Å². The van der Waals surface area contributed by atoms with Crippen LogP contribution < -0.4 is 0 Å². The van der Waals surface area contributed by atoms with Gasteiger partial charge in [-0.3, -0.25) is 9.59 Å². The summed E-state index contributed by atoms with van der Waals surface area (Å²) < 4.78 is 5.47. The smallest absolute Gasteiger partial charge is 0.432 e. The van der Waals surface area contributed by atoms with Crippen molar-refractivity contribution >= 4 is 17.9 Å². The Balaban J connectivity index is 2.22. The normalized spacial score (nSPS) is 15.6. The number of hydrogen-bond acceptors (Lipinski definition) is 5. The minimum absolute atomic E-state index is 0.0409. The molecule has 7 nitrogen and oxygen atoms in total. The van der Waals surface area contributed by atoms with E-state index in [1.54, 1.807) is 68.9 Å². The van der Waals surface area contributed by atoms with Gasteiger partial charge in [-0.1, -0.05) is 18.2 Å². The van der Waals surface area contributed by atoms with Crippen LogP contribution in [0.2, 0.25) is 0 Å². The molecule has 1 aliphatic heterocycles. The maximum absolute atomic E-state index is 13.0. The highest BCUT2D eigenvalue weighted by molar-refractivity contribution is 6.02. The lowest BCUT2D eigenvalue weighted by Gasteiger charge is -2.40. The Labute approximate surface area is 160 Å². The molecule has 7 heteroatoms. The summed E-state index contributed by atoms with van der Waals surface area (Å²) in [5, 5.41) is 2.73. The number of imide groups is 1. The molecule has 0 unspecified atom stereocenters. The molecule has 1 aromatic rings. The van der Waals surface area contributed by atoms with Crippen molar-refractivity contribution in [1.29, 1.82) is 0 Å². The van der Waals surface area contributed by atoms with Crippen LogP contribution in [0.25, 0.3) is 0 Å². The van der Waals surface area contributed by atoms with E-state index in [0.717, 1.165) is 5.01 Å². The highest BCUT2D eigenvalue weighted by atomic mass is 16.6. The summed E-state index contributed by atoms with van der Waals surface area (Å²) in [5.41, 5.74) is -0.304. The number of carbonyl (C=O) groups is 3. The molecule has 0 aromatic heterocycles. The van der Waals surface area contributed by atoms with Crippen molar-refractivity contribution in [3.05, 3.63) is 35.9 Å². The van der Waals surface area contributed by atoms with Crippen LogP contribution in [0.5, 0.6) is 0 Å². The minimum atomic E-state index is -0.717. The third-order valence-corrected chi connectivity index (χ3v) is 4.53. The van der Waals surface area contributed by atoms with E-state index in [2.05, 4.69) is 0 Å². The van der Waals surface area contributed by atoms with Gasteiger partial charge in [0, 0.05) is 38.7 Å². The molecular weight excluding hydrogens is 346 g/mol. The molecule has 0 radical (unpaired) electrons. The Hall–Kier alpha value is -2.41. The molecule has 1 aliphatic rings. The van der Waals surface area contributed by atoms with Crippen molar-refractivity contribution in [2.45, 2.75) is 52.2 Å². The zero-order chi connectivity index (χ0) is 20.2. The molecule has 0 bridgehead atoms. The summed E-state index contributed by atoms with van der Waals surface area (Å²) in [6.45, 7) is 8.05. The second-order valence-corrected chi connectivity index (χ2v) is 7.77. The van der Waals surface area contributed by atoms with Gasteiger partial charge in [0.1, 0.15) is 5.60 Å². The fourth-order valence-corrected chi connectivity index (χ4v) is 3.08. The van der Waals surface area contributed by atoms with Gasteiger partial charge in [-0.2, -0.15) is 5.01 Å². The van der Waals surface area contributed by atoms with Gasteiger partial charge < -0.3 is 9.64 Å². The molecule has 1 heterocycles. The van der Waals surface area contributed by atoms with Crippen LogP contribution >= 0.6 is 0 Å². The molecule has 0 aliphatic carbocycles. The average Bonchev–Trinajstić information content (AvgIpc) is 2.61. The van der Waals surface area contributed by atoms with Crippen LogP contribution in [-0.2, 0) is 9.53 Å². The van der Waals surface area contributed by atoms with Crippen molar-refractivity contribution < 1.29 is 19.1 Å². The molecule has 1 fully saturated rings. The van der Waals surface area contributed by atoms with Gasteiger partial charge in [0.05, 0.1) is 0 Å². The first-order valence-electron chi connectivity index (χ1n) is 9.21. The number of amides is 3. The first-order chi connectivity index (χ1) is 12.6. The number of rotatable bonds is 3. The maximum Gasteiger partial charge on any atom is 0.432 e. The van der Waals surface area contributed by atoms with Crippen molar-refractivity contribution in [3.63, 3.8) is 0 Å². The van der Waals surface area contributed by atoms with Gasteiger partial charge in [0.25, 0.3) is 5.91 Å². The quantitative estimate of drug-likeness (QED) is 0.760. The van der Waals surface area contributed by atoms with Gasteiger partial charge in [0.15, 0.2) is 0 Å². The molecule has 2 rings (SSSR count). The molecule has 0 N–H and O–H groups in total. The molecule has 0 spiro atoms. The van der Waals surface area contributed by atoms with Gasteiger partial charge in [0.2, 0.25) is 5.91 Å². The number of nitrogens with zero attached hydrogens (tertiary/aromatic N) is 3. The number of hydrazine groups is 1. The van der Waals surface area contributed by atoms with Crippen molar-refractivity contribution in [2.75, 3.05) is 20.1 Å². The Morgan fingerprint density at radius 3 is 2.11 bits per heavy atom. The summed E-state index contributed by atoms with van der Waals surface area (Å²) >= 11 is 0. The molecule has 3 amide bonds. The van der Waals surface area contributed by atoms with Crippen LogP contribution in [0.15, 0.2) is 30.3 Å². The first kappa shape index (κ1) is 20.9. The van der Waals surface area contributed by atoms with E-state index in [1.807, 2.05) is 6.07 Å². The van der Waals surface area contributed by atoms with E-state index < -0.39 is 17.6 Å². The van der Waals surface area contributed by atoms with Gasteiger partial charge >= 0.3 is 6.09 Å². The largest absolute Gasteiger partial charge is 0.442 e. The number of hydrogen-bond donors (Lipinski definition) is 0. The van der Waals surface area contributed by atoms with E-state index in [-0.39, 0.29) is 11.9 Å². The van der Waals surface area contributed by atoms with Crippen LogP contribution in [0.3, 0.4) is 0 Å². The summed E-state index contributed by atoms with van der Waals surface area (Å²) in [6, 6.07) is 8.63. The second kappa shape index (κ2) is 8.52. The summed E-state index contributed by atoms with van der Waals surface area (Å²) in [4.78, 5) is 39.2. The van der Waals surface area contributed by atoms with Crippen LogP contribution in [0.4, 0.5) is 4.79 Å². The number of piperidine rings is 1. The Morgan fingerprint density at radius 1 is 1.07 bits per heavy atom. The van der Waals surface area contributed by atoms with Gasteiger partial charge in [-0.15, -0.1) is 0 Å². The first-order valence-corrected chi connectivity index (χ1v) is 9.21. The summed E-state index contributed by atoms with van der Waals surface area (Å²) in [6.07, 6.45) is 0.655. The van der Waals surface area contributed by atoms with E-state index in [4.69, 9.17) is 4.74 Å². The van der Waals surface area contributed by atoms with Crippen molar-refractivity contribution in [1.82, 2.24) is 14.9 Å².